The molecule has 1 aromatic carbocycles. The van der Waals surface area contributed by atoms with Crippen molar-refractivity contribution in [1.82, 2.24) is 15.0 Å². The van der Waals surface area contributed by atoms with E-state index in [1.54, 1.807) is 17.7 Å². The van der Waals surface area contributed by atoms with Crippen LogP contribution in [0.15, 0.2) is 30.6 Å². The molecule has 0 spiro atoms. The van der Waals surface area contributed by atoms with E-state index in [-0.39, 0.29) is 0 Å². The predicted molar refractivity (Wildman–Crippen MR) is 119 cm³/mol. The molecule has 1 saturated carbocycles. The molecule has 0 atom stereocenters. The standard InChI is InChI=1S/C22H21ClN4OS/c1-12-16-18-19(29-21(16)27-13(2)17(12)23)20(26-11-25-18)24-10-14-4-6-15(7-5-14)22(28)8-3-9-22/h4-7,11,28H,3,8-10H2,1-2H3,(H,24,25,26). The van der Waals surface area contributed by atoms with Gasteiger partial charge in [0.05, 0.1) is 26.5 Å². The molecule has 2 N–H and O–H groups in total. The molecule has 148 valence electrons. The molecule has 29 heavy (non-hydrogen) atoms. The third-order valence-electron chi connectivity index (χ3n) is 5.88. The zero-order valence-corrected chi connectivity index (χ0v) is 17.9. The first kappa shape index (κ1) is 18.7. The molecule has 3 heterocycles. The van der Waals surface area contributed by atoms with Crippen LogP contribution in [0, 0.1) is 13.8 Å². The summed E-state index contributed by atoms with van der Waals surface area (Å²) in [6.07, 6.45) is 4.38. The fourth-order valence-electron chi connectivity index (χ4n) is 3.94. The highest BCUT2D eigenvalue weighted by Gasteiger charge is 2.35. The SMILES string of the molecule is Cc1nc2sc3c(NCc4ccc(C5(O)CCC5)cc4)ncnc3c2c(C)c1Cl. The second-order valence-corrected chi connectivity index (χ2v) is 9.13. The third-order valence-corrected chi connectivity index (χ3v) is 7.51. The van der Waals surface area contributed by atoms with Crippen molar-refractivity contribution in [3.05, 3.63) is 58.0 Å². The van der Waals surface area contributed by atoms with E-state index in [0.717, 1.165) is 67.9 Å². The third kappa shape index (κ3) is 3.06. The number of rotatable bonds is 4. The lowest BCUT2D eigenvalue weighted by Crippen LogP contribution is -2.33. The van der Waals surface area contributed by atoms with Crippen LogP contribution in [0.1, 0.15) is 41.6 Å². The number of benzene rings is 1. The maximum atomic E-state index is 10.5. The molecule has 0 bridgehead atoms. The fourth-order valence-corrected chi connectivity index (χ4v) is 5.28. The summed E-state index contributed by atoms with van der Waals surface area (Å²) in [7, 11) is 0. The van der Waals surface area contributed by atoms with Gasteiger partial charge in [-0.05, 0) is 49.8 Å². The number of aryl methyl sites for hydroxylation is 2. The highest BCUT2D eigenvalue weighted by Crippen LogP contribution is 2.41. The fraction of sp³-hybridized carbons (Fsp3) is 0.318. The van der Waals surface area contributed by atoms with Gasteiger partial charge in [-0.3, -0.25) is 0 Å². The molecule has 0 saturated heterocycles. The molecule has 1 aliphatic carbocycles. The molecule has 4 aromatic rings. The molecule has 7 heteroatoms. The van der Waals surface area contributed by atoms with Crippen molar-refractivity contribution in [2.75, 3.05) is 5.32 Å². The average Bonchev–Trinajstić information content (AvgIpc) is 3.08. The quantitative estimate of drug-likeness (QED) is 0.453. The summed E-state index contributed by atoms with van der Waals surface area (Å²) in [6.45, 7) is 4.58. The van der Waals surface area contributed by atoms with E-state index in [0.29, 0.717) is 11.6 Å². The van der Waals surface area contributed by atoms with Crippen LogP contribution in [0.3, 0.4) is 0 Å². The number of fused-ring (bicyclic) bond motifs is 3. The monoisotopic (exact) mass is 424 g/mol. The summed E-state index contributed by atoms with van der Waals surface area (Å²) in [5.74, 6) is 0.799. The van der Waals surface area contributed by atoms with Crippen LogP contribution in [0.5, 0.6) is 0 Å². The highest BCUT2D eigenvalue weighted by molar-refractivity contribution is 7.26. The first-order chi connectivity index (χ1) is 14.0. The van der Waals surface area contributed by atoms with Gasteiger partial charge in [-0.2, -0.15) is 0 Å². The minimum Gasteiger partial charge on any atom is -0.385 e. The number of halogens is 1. The number of hydrogen-bond acceptors (Lipinski definition) is 6. The summed E-state index contributed by atoms with van der Waals surface area (Å²) in [5.41, 5.74) is 4.25. The molecular formula is C22H21ClN4OS. The number of nitrogens with zero attached hydrogens (tertiary/aromatic N) is 3. The molecule has 0 amide bonds. The molecule has 0 aliphatic heterocycles. The maximum Gasteiger partial charge on any atom is 0.147 e. The van der Waals surface area contributed by atoms with E-state index >= 15 is 0 Å². The summed E-state index contributed by atoms with van der Waals surface area (Å²) in [6, 6.07) is 8.19. The Kier molecular flexibility index (Phi) is 4.46. The van der Waals surface area contributed by atoms with Gasteiger partial charge in [0.1, 0.15) is 17.0 Å². The Morgan fingerprint density at radius 2 is 1.93 bits per heavy atom. The predicted octanol–water partition coefficient (Wildman–Crippen LogP) is 5.49. The van der Waals surface area contributed by atoms with Gasteiger partial charge < -0.3 is 10.4 Å². The highest BCUT2D eigenvalue weighted by atomic mass is 35.5. The number of anilines is 1. The van der Waals surface area contributed by atoms with Crippen molar-refractivity contribution in [1.29, 1.82) is 0 Å². The second kappa shape index (κ2) is 6.90. The topological polar surface area (TPSA) is 70.9 Å². The lowest BCUT2D eigenvalue weighted by Gasteiger charge is -2.37. The molecule has 3 aromatic heterocycles. The Labute approximate surface area is 177 Å². The number of thiophene rings is 1. The van der Waals surface area contributed by atoms with E-state index in [1.807, 2.05) is 26.0 Å². The van der Waals surface area contributed by atoms with Crippen LogP contribution in [-0.4, -0.2) is 20.1 Å². The first-order valence-corrected chi connectivity index (χ1v) is 10.9. The minimum atomic E-state index is -0.619. The zero-order valence-electron chi connectivity index (χ0n) is 16.3. The normalized spacial score (nSPS) is 15.6. The Morgan fingerprint density at radius 1 is 1.17 bits per heavy atom. The summed E-state index contributed by atoms with van der Waals surface area (Å²) in [4.78, 5) is 14.5. The molecular weight excluding hydrogens is 404 g/mol. The van der Waals surface area contributed by atoms with Crippen LogP contribution in [0.4, 0.5) is 5.82 Å². The van der Waals surface area contributed by atoms with Crippen molar-refractivity contribution in [2.24, 2.45) is 0 Å². The van der Waals surface area contributed by atoms with Gasteiger partial charge in [0.25, 0.3) is 0 Å². The van der Waals surface area contributed by atoms with E-state index in [9.17, 15) is 5.11 Å². The molecule has 1 aliphatic rings. The molecule has 5 rings (SSSR count). The number of hydrogen-bond donors (Lipinski definition) is 2. The van der Waals surface area contributed by atoms with Crippen molar-refractivity contribution in [2.45, 2.75) is 45.3 Å². The zero-order chi connectivity index (χ0) is 20.2. The van der Waals surface area contributed by atoms with Crippen molar-refractivity contribution < 1.29 is 5.11 Å². The van der Waals surface area contributed by atoms with Gasteiger partial charge in [-0.1, -0.05) is 35.9 Å². The van der Waals surface area contributed by atoms with Crippen molar-refractivity contribution >= 4 is 49.2 Å². The van der Waals surface area contributed by atoms with Crippen molar-refractivity contribution in [3.63, 3.8) is 0 Å². The molecule has 0 radical (unpaired) electrons. The number of aliphatic hydroxyl groups is 1. The van der Waals surface area contributed by atoms with Crippen LogP contribution < -0.4 is 5.32 Å². The smallest absolute Gasteiger partial charge is 0.147 e. The lowest BCUT2D eigenvalue weighted by atomic mass is 9.75. The largest absolute Gasteiger partial charge is 0.385 e. The van der Waals surface area contributed by atoms with E-state index in [4.69, 9.17) is 11.6 Å². The molecule has 0 unspecified atom stereocenters. The van der Waals surface area contributed by atoms with Crippen molar-refractivity contribution in [3.8, 4) is 0 Å². The number of pyridine rings is 1. The minimum absolute atomic E-state index is 0.619. The number of nitrogens with one attached hydrogen (secondary N) is 1. The van der Waals surface area contributed by atoms with Gasteiger partial charge >= 0.3 is 0 Å². The average molecular weight is 425 g/mol. The van der Waals surface area contributed by atoms with E-state index in [1.165, 1.54) is 0 Å². The Morgan fingerprint density at radius 3 is 2.62 bits per heavy atom. The first-order valence-electron chi connectivity index (χ1n) is 9.72. The molecule has 5 nitrogen and oxygen atoms in total. The van der Waals surface area contributed by atoms with Crippen LogP contribution in [0.2, 0.25) is 5.02 Å². The summed E-state index contributed by atoms with van der Waals surface area (Å²) in [5, 5.41) is 15.6. The van der Waals surface area contributed by atoms with Gasteiger partial charge in [-0.25, -0.2) is 15.0 Å². The summed E-state index contributed by atoms with van der Waals surface area (Å²) >= 11 is 8.01. The Balaban J connectivity index is 1.45. The maximum absolute atomic E-state index is 10.5. The van der Waals surface area contributed by atoms with E-state index < -0.39 is 5.60 Å². The second-order valence-electron chi connectivity index (χ2n) is 7.75. The van der Waals surface area contributed by atoms with Gasteiger partial charge in [0, 0.05) is 11.9 Å². The van der Waals surface area contributed by atoms with Gasteiger partial charge in [-0.15, -0.1) is 11.3 Å². The Bertz CT molecular complexity index is 1230. The summed E-state index contributed by atoms with van der Waals surface area (Å²) < 4.78 is 0.986. The number of aromatic nitrogens is 3. The Hall–Kier alpha value is -2.28. The van der Waals surface area contributed by atoms with Gasteiger partial charge in [0.15, 0.2) is 0 Å². The van der Waals surface area contributed by atoms with Crippen LogP contribution in [0.25, 0.3) is 20.4 Å². The van der Waals surface area contributed by atoms with Crippen LogP contribution in [-0.2, 0) is 12.1 Å². The van der Waals surface area contributed by atoms with Crippen LogP contribution >= 0.6 is 22.9 Å². The lowest BCUT2D eigenvalue weighted by molar-refractivity contribution is -0.0388. The van der Waals surface area contributed by atoms with E-state index in [2.05, 4.69) is 32.4 Å². The molecule has 1 fully saturated rings. The van der Waals surface area contributed by atoms with Gasteiger partial charge in [0.2, 0.25) is 0 Å².